The summed E-state index contributed by atoms with van der Waals surface area (Å²) in [7, 11) is 2.90. The van der Waals surface area contributed by atoms with Gasteiger partial charge in [0.25, 0.3) is 5.82 Å². The minimum Gasteiger partial charge on any atom is -1.00 e. The lowest BCUT2D eigenvalue weighted by atomic mass is 10.0. The highest BCUT2D eigenvalue weighted by atomic mass is 35.5. The average Bonchev–Trinajstić information content (AvgIpc) is 3.23. The lowest BCUT2D eigenvalue weighted by Gasteiger charge is -2.14. The zero-order chi connectivity index (χ0) is 40.7. The molecule has 0 radical (unpaired) electrons. The van der Waals surface area contributed by atoms with Crippen molar-refractivity contribution in [2.24, 2.45) is 5.84 Å². The topological polar surface area (TPSA) is 203 Å². The first-order chi connectivity index (χ1) is 27.7. The molecule has 2 aromatic heterocycles. The van der Waals surface area contributed by atoms with Crippen molar-refractivity contribution in [1.29, 1.82) is 10.5 Å². The van der Waals surface area contributed by atoms with Crippen LogP contribution in [0, 0.1) is 34.3 Å². The Kier molecular flexibility index (Phi) is 15.6. The number of halogens is 3. The van der Waals surface area contributed by atoms with Gasteiger partial charge in [0, 0.05) is 12.6 Å². The number of hydrogen-bond acceptors (Lipinski definition) is 11. The number of hydrazine groups is 2. The number of nitrogens with two attached hydrogens (primary N) is 1. The number of benzene rings is 4. The number of aromatic nitrogens is 2. The number of urea groups is 1. The number of carbonyl (C=O) groups is 1. The van der Waals surface area contributed by atoms with Crippen LogP contribution in [0.25, 0.3) is 22.3 Å². The molecule has 0 atom stereocenters. The number of hydrogen-bond donors (Lipinski definition) is 5. The Morgan fingerprint density at radius 3 is 1.76 bits per heavy atom. The molecule has 0 fully saturated rings. The number of H-pyrrole nitrogens is 1. The highest BCUT2D eigenvalue weighted by Crippen LogP contribution is 2.40. The molecule has 0 spiro atoms. The second-order valence-corrected chi connectivity index (χ2v) is 11.6. The fourth-order valence-electron chi connectivity index (χ4n) is 5.32. The predicted octanol–water partition coefficient (Wildman–Crippen LogP) is 4.48. The third-order valence-corrected chi connectivity index (χ3v) is 7.90. The van der Waals surface area contributed by atoms with Gasteiger partial charge >= 0.3 is 6.03 Å². The number of nitrogens with one attached hydrogen (secondary N) is 5. The van der Waals surface area contributed by atoms with Crippen LogP contribution in [0.3, 0.4) is 0 Å². The van der Waals surface area contributed by atoms with Gasteiger partial charge < -0.3 is 36.7 Å². The zero-order valence-corrected chi connectivity index (χ0v) is 31.9. The molecule has 0 unspecified atom stereocenters. The molecular weight excluding hydrogens is 772 g/mol. The third-order valence-electron chi connectivity index (χ3n) is 7.90. The Hall–Kier alpha value is -7.50. The van der Waals surface area contributed by atoms with Crippen LogP contribution in [0.2, 0.25) is 0 Å². The number of nitrogens with zero attached hydrogens (tertiary/aromatic N) is 3. The highest BCUT2D eigenvalue weighted by Gasteiger charge is 2.20. The summed E-state index contributed by atoms with van der Waals surface area (Å²) in [5.41, 5.74) is 7.21. The second-order valence-electron chi connectivity index (χ2n) is 11.6. The zero-order valence-electron chi connectivity index (χ0n) is 31.2. The van der Waals surface area contributed by atoms with Crippen molar-refractivity contribution in [1.82, 2.24) is 15.8 Å². The number of pyridine rings is 2. The van der Waals surface area contributed by atoms with Gasteiger partial charge in [-0.2, -0.15) is 15.9 Å². The monoisotopic (exact) mass is 807 g/mol. The number of amides is 2. The van der Waals surface area contributed by atoms with E-state index >= 15 is 8.78 Å². The third kappa shape index (κ3) is 10.8. The number of ether oxygens (including phenoxy) is 4. The Morgan fingerprint density at radius 1 is 0.776 bits per heavy atom. The van der Waals surface area contributed by atoms with Gasteiger partial charge in [-0.15, -0.1) is 0 Å². The normalized spacial score (nSPS) is 9.93. The lowest BCUT2D eigenvalue weighted by Crippen LogP contribution is -3.00. The summed E-state index contributed by atoms with van der Waals surface area (Å²) >= 11 is 0. The lowest BCUT2D eigenvalue weighted by molar-refractivity contribution is -0.362. The fraction of sp³-hybridized carbons (Fsp3) is 0.0976. The maximum absolute atomic E-state index is 15.3. The standard InChI is InChI=1S/C22H19FN4O3.C19H16FN5O2.ClH/c1-3-25-22(28)27-19-10-7-16(13-26-19)30-18-9-8-17(29-2)20(21(18)23)15-6-4-5-14(11-15)12-24;1-26-15-6-7-16(27-14-5-8-17(23-11-14)24-25-22)19(20)18(15)13-4-2-3-12(9-13)10-21;/h4-11,13H,3H2,1-2H3,(H2,25,26,27,28);2-9,11,25H,22H2,1H3,(H,23,24);1H. The number of aromatic amines is 1. The van der Waals surface area contributed by atoms with Gasteiger partial charge in [0.15, 0.2) is 28.9 Å². The molecule has 6 rings (SSSR count). The Balaban J connectivity index is 0.000000254. The summed E-state index contributed by atoms with van der Waals surface area (Å²) in [6.07, 6.45) is 2.93. The Labute approximate surface area is 338 Å². The number of rotatable bonds is 12. The van der Waals surface area contributed by atoms with Crippen LogP contribution >= 0.6 is 0 Å². The molecule has 0 bridgehead atoms. The number of carbonyl (C=O) groups excluding carboxylic acids is 1. The summed E-state index contributed by atoms with van der Waals surface area (Å²) in [5.74, 6) is 6.23. The molecule has 17 heteroatoms. The molecule has 0 aliphatic carbocycles. The van der Waals surface area contributed by atoms with E-state index in [0.29, 0.717) is 57.7 Å². The van der Waals surface area contributed by atoms with Crippen molar-refractivity contribution >= 4 is 17.7 Å². The summed E-state index contributed by atoms with van der Waals surface area (Å²) in [6.45, 7) is 2.29. The van der Waals surface area contributed by atoms with Crippen LogP contribution in [-0.4, -0.2) is 31.8 Å². The van der Waals surface area contributed by atoms with E-state index in [-0.39, 0.29) is 46.8 Å². The van der Waals surface area contributed by atoms with Crippen LogP contribution < -0.4 is 63.8 Å². The average molecular weight is 808 g/mol. The van der Waals surface area contributed by atoms with Crippen LogP contribution in [-0.2, 0) is 0 Å². The van der Waals surface area contributed by atoms with Gasteiger partial charge in [0.05, 0.1) is 54.8 Å². The predicted molar refractivity (Wildman–Crippen MR) is 207 cm³/mol. The maximum Gasteiger partial charge on any atom is 0.320 e. The summed E-state index contributed by atoms with van der Waals surface area (Å²) in [5, 5.41) is 23.4. The number of methoxy groups -OCH3 is 2. The summed E-state index contributed by atoms with van der Waals surface area (Å²) in [4.78, 5) is 18.5. The van der Waals surface area contributed by atoms with E-state index in [1.54, 1.807) is 98.0 Å². The van der Waals surface area contributed by atoms with E-state index in [4.69, 9.17) is 35.3 Å². The van der Waals surface area contributed by atoms with Crippen molar-refractivity contribution in [3.05, 3.63) is 132 Å². The first-order valence-electron chi connectivity index (χ1n) is 17.1. The smallest absolute Gasteiger partial charge is 0.320 e. The van der Waals surface area contributed by atoms with Crippen LogP contribution in [0.4, 0.5) is 25.2 Å². The quantitative estimate of drug-likeness (QED) is 0.0863. The molecule has 0 aliphatic rings. The first kappa shape index (κ1) is 43.2. The maximum atomic E-state index is 15.3. The number of nitriles is 2. The molecule has 6 aromatic rings. The van der Waals surface area contributed by atoms with E-state index in [9.17, 15) is 4.79 Å². The molecule has 296 valence electrons. The van der Waals surface area contributed by atoms with Crippen molar-refractivity contribution in [2.45, 2.75) is 6.92 Å². The molecule has 14 nitrogen and oxygen atoms in total. The van der Waals surface area contributed by atoms with Crippen molar-refractivity contribution in [3.8, 4) is 68.9 Å². The molecule has 2 amide bonds. The molecule has 4 aromatic carbocycles. The summed E-state index contributed by atoms with van der Waals surface area (Å²) < 4.78 is 52.4. The largest absolute Gasteiger partial charge is 1.00 e. The van der Waals surface area contributed by atoms with E-state index in [0.717, 1.165) is 0 Å². The van der Waals surface area contributed by atoms with Gasteiger partial charge in [-0.1, -0.05) is 29.8 Å². The van der Waals surface area contributed by atoms with Crippen molar-refractivity contribution in [2.75, 3.05) is 31.5 Å². The number of anilines is 2. The van der Waals surface area contributed by atoms with E-state index in [1.807, 2.05) is 12.1 Å². The van der Waals surface area contributed by atoms with Crippen molar-refractivity contribution in [3.63, 3.8) is 0 Å². The van der Waals surface area contributed by atoms with E-state index in [2.05, 4.69) is 31.6 Å². The Morgan fingerprint density at radius 2 is 1.31 bits per heavy atom. The van der Waals surface area contributed by atoms with Crippen molar-refractivity contribution < 1.29 is 49.9 Å². The van der Waals surface area contributed by atoms with E-state index < -0.39 is 11.6 Å². The molecular formula is C41H36ClF2N9O5. The van der Waals surface area contributed by atoms with Crippen LogP contribution in [0.5, 0.6) is 34.5 Å². The van der Waals surface area contributed by atoms with Gasteiger partial charge in [-0.25, -0.2) is 29.4 Å². The molecule has 0 saturated heterocycles. The van der Waals surface area contributed by atoms with E-state index in [1.165, 1.54) is 32.5 Å². The first-order valence-corrected chi connectivity index (χ1v) is 17.1. The highest BCUT2D eigenvalue weighted by molar-refractivity contribution is 5.88. The van der Waals surface area contributed by atoms with Crippen LogP contribution in [0.15, 0.2) is 109 Å². The molecule has 0 saturated carbocycles. The van der Waals surface area contributed by atoms with Gasteiger partial charge in [-0.05, 0) is 84.8 Å². The van der Waals surface area contributed by atoms with Gasteiger partial charge in [0.2, 0.25) is 0 Å². The SMILES string of the molecule is CCNC(=O)Nc1ccc(Oc2ccc(OC)c(-c3cccc(C#N)c3)c2F)cn1.COc1ccc(Oc2ccc(NNN)[nH+]c2)c(F)c1-c1cccc(C#N)c1.[Cl-]. The molecule has 2 heterocycles. The molecule has 7 N–H and O–H groups in total. The Bertz CT molecular complexity index is 2430. The van der Waals surface area contributed by atoms with Gasteiger partial charge in [-0.3, -0.25) is 5.32 Å². The minimum atomic E-state index is -0.631. The second kappa shape index (κ2) is 21.0. The molecule has 0 aliphatic heterocycles. The van der Waals surface area contributed by atoms with Gasteiger partial charge in [0.1, 0.15) is 29.3 Å². The summed E-state index contributed by atoms with van der Waals surface area (Å²) in [6, 6.07) is 29.5. The van der Waals surface area contributed by atoms with Crippen LogP contribution in [0.1, 0.15) is 18.1 Å². The fourth-order valence-corrected chi connectivity index (χ4v) is 5.32. The minimum absolute atomic E-state index is 0. The molecule has 58 heavy (non-hydrogen) atoms.